The van der Waals surface area contributed by atoms with E-state index in [1.165, 1.54) is 6.21 Å². The maximum absolute atomic E-state index is 11.9. The highest BCUT2D eigenvalue weighted by Crippen LogP contribution is 2.11. The standard InChI is InChI=1S/C21H24N4O5/c1-29-13-5-12-22-20(27)21(28)25-23-14-16-8-10-18(11-9-16)30-15-19(26)24-17-6-3-2-4-7-17/h2-4,6-11,14H,5,12-13,15H2,1H3,(H,22,27)(H,24,26)(H,25,28)/b23-14-. The first-order valence-electron chi connectivity index (χ1n) is 9.26. The van der Waals surface area contributed by atoms with Gasteiger partial charge in [-0.3, -0.25) is 14.4 Å². The van der Waals surface area contributed by atoms with Crippen molar-refractivity contribution in [2.75, 3.05) is 32.2 Å². The van der Waals surface area contributed by atoms with E-state index in [1.807, 2.05) is 18.2 Å². The number of hydrogen-bond donors (Lipinski definition) is 3. The Morgan fingerprint density at radius 2 is 1.73 bits per heavy atom. The molecule has 0 aromatic heterocycles. The molecule has 3 amide bonds. The Morgan fingerprint density at radius 3 is 2.43 bits per heavy atom. The minimum absolute atomic E-state index is 0.127. The monoisotopic (exact) mass is 412 g/mol. The fourth-order valence-corrected chi connectivity index (χ4v) is 2.23. The van der Waals surface area contributed by atoms with Gasteiger partial charge in [0.15, 0.2) is 6.61 Å². The van der Waals surface area contributed by atoms with Crippen LogP contribution >= 0.6 is 0 Å². The summed E-state index contributed by atoms with van der Waals surface area (Å²) < 4.78 is 10.3. The Labute approximate surface area is 174 Å². The van der Waals surface area contributed by atoms with Crippen LogP contribution in [0.3, 0.4) is 0 Å². The SMILES string of the molecule is COCCCNC(=O)C(=O)N/N=C\c1ccc(OCC(=O)Nc2ccccc2)cc1. The van der Waals surface area contributed by atoms with E-state index in [1.54, 1.807) is 43.5 Å². The van der Waals surface area contributed by atoms with Crippen LogP contribution in [0.25, 0.3) is 0 Å². The van der Waals surface area contributed by atoms with Gasteiger partial charge < -0.3 is 20.1 Å². The summed E-state index contributed by atoms with van der Waals surface area (Å²) in [6.45, 7) is 0.712. The molecular formula is C21H24N4O5. The van der Waals surface area contributed by atoms with Crippen molar-refractivity contribution >= 4 is 29.6 Å². The third-order valence-electron chi connectivity index (χ3n) is 3.70. The minimum atomic E-state index is -0.854. The number of amides is 3. The fourth-order valence-electron chi connectivity index (χ4n) is 2.23. The van der Waals surface area contributed by atoms with Crippen molar-refractivity contribution in [2.24, 2.45) is 5.10 Å². The lowest BCUT2D eigenvalue weighted by atomic mass is 10.2. The summed E-state index contributed by atoms with van der Waals surface area (Å²) in [6, 6.07) is 15.8. The maximum atomic E-state index is 11.9. The highest BCUT2D eigenvalue weighted by atomic mass is 16.5. The van der Waals surface area contributed by atoms with E-state index in [2.05, 4.69) is 21.2 Å². The molecule has 0 aliphatic rings. The van der Waals surface area contributed by atoms with E-state index in [0.717, 1.165) is 0 Å². The number of nitrogens with zero attached hydrogens (tertiary/aromatic N) is 1. The zero-order chi connectivity index (χ0) is 21.6. The van der Waals surface area contributed by atoms with Crippen LogP contribution < -0.4 is 20.8 Å². The topological polar surface area (TPSA) is 118 Å². The molecule has 0 aliphatic carbocycles. The first-order chi connectivity index (χ1) is 14.6. The number of hydrogen-bond acceptors (Lipinski definition) is 6. The lowest BCUT2D eigenvalue weighted by molar-refractivity contribution is -0.139. The Bertz CT molecular complexity index is 853. The molecule has 0 fully saturated rings. The van der Waals surface area contributed by atoms with E-state index in [0.29, 0.717) is 36.6 Å². The van der Waals surface area contributed by atoms with Gasteiger partial charge in [-0.05, 0) is 48.4 Å². The molecule has 0 aliphatic heterocycles. The van der Waals surface area contributed by atoms with E-state index in [4.69, 9.17) is 9.47 Å². The molecule has 2 aromatic carbocycles. The number of benzene rings is 2. The summed E-state index contributed by atoms with van der Waals surface area (Å²) >= 11 is 0. The van der Waals surface area contributed by atoms with Crippen molar-refractivity contribution < 1.29 is 23.9 Å². The molecule has 3 N–H and O–H groups in total. The van der Waals surface area contributed by atoms with Gasteiger partial charge in [0, 0.05) is 25.9 Å². The van der Waals surface area contributed by atoms with Gasteiger partial charge in [0.2, 0.25) is 0 Å². The van der Waals surface area contributed by atoms with Gasteiger partial charge in [-0.1, -0.05) is 18.2 Å². The number of para-hydroxylation sites is 1. The van der Waals surface area contributed by atoms with Crippen molar-refractivity contribution in [3.05, 3.63) is 60.2 Å². The molecule has 30 heavy (non-hydrogen) atoms. The largest absolute Gasteiger partial charge is 0.484 e. The normalized spacial score (nSPS) is 10.4. The Morgan fingerprint density at radius 1 is 1.00 bits per heavy atom. The molecule has 0 unspecified atom stereocenters. The average molecular weight is 412 g/mol. The highest BCUT2D eigenvalue weighted by Gasteiger charge is 2.11. The molecule has 9 heteroatoms. The second kappa shape index (κ2) is 12.7. The van der Waals surface area contributed by atoms with Crippen LogP contribution in [-0.4, -0.2) is 50.8 Å². The van der Waals surface area contributed by atoms with Gasteiger partial charge >= 0.3 is 11.8 Å². The summed E-state index contributed by atoms with van der Waals surface area (Å²) in [4.78, 5) is 35.0. The van der Waals surface area contributed by atoms with Crippen LogP contribution in [0.5, 0.6) is 5.75 Å². The smallest absolute Gasteiger partial charge is 0.329 e. The van der Waals surface area contributed by atoms with Crippen LogP contribution in [0.15, 0.2) is 59.7 Å². The predicted molar refractivity (Wildman–Crippen MR) is 112 cm³/mol. The Hall–Kier alpha value is -3.72. The molecule has 0 saturated carbocycles. The third kappa shape index (κ3) is 8.53. The van der Waals surface area contributed by atoms with Gasteiger partial charge in [-0.15, -0.1) is 0 Å². The lowest BCUT2D eigenvalue weighted by Crippen LogP contribution is -2.38. The molecule has 0 saturated heterocycles. The molecule has 0 radical (unpaired) electrons. The fraction of sp³-hybridized carbons (Fsp3) is 0.238. The van der Waals surface area contributed by atoms with E-state index >= 15 is 0 Å². The number of hydrazone groups is 1. The number of anilines is 1. The number of carbonyl (C=O) groups excluding carboxylic acids is 3. The molecule has 0 spiro atoms. The summed E-state index contributed by atoms with van der Waals surface area (Å²) in [7, 11) is 1.56. The van der Waals surface area contributed by atoms with Crippen molar-refractivity contribution in [2.45, 2.75) is 6.42 Å². The zero-order valence-electron chi connectivity index (χ0n) is 16.6. The summed E-state index contributed by atoms with van der Waals surface area (Å²) in [5, 5.41) is 8.93. The third-order valence-corrected chi connectivity index (χ3v) is 3.70. The second-order valence-corrected chi connectivity index (χ2v) is 6.07. The Balaban J connectivity index is 1.71. The molecule has 2 rings (SSSR count). The predicted octanol–water partition coefficient (Wildman–Crippen LogP) is 1.31. The molecule has 158 valence electrons. The maximum Gasteiger partial charge on any atom is 0.329 e. The highest BCUT2D eigenvalue weighted by molar-refractivity contribution is 6.35. The molecule has 0 atom stereocenters. The van der Waals surface area contributed by atoms with Crippen molar-refractivity contribution in [1.82, 2.24) is 10.7 Å². The molecule has 0 heterocycles. The number of nitrogens with one attached hydrogen (secondary N) is 3. The van der Waals surface area contributed by atoms with Crippen LogP contribution in [-0.2, 0) is 19.1 Å². The molecule has 9 nitrogen and oxygen atoms in total. The summed E-state index contributed by atoms with van der Waals surface area (Å²) in [5.41, 5.74) is 3.53. The Kier molecular flexibility index (Phi) is 9.54. The van der Waals surface area contributed by atoms with Crippen molar-refractivity contribution in [3.8, 4) is 5.75 Å². The zero-order valence-corrected chi connectivity index (χ0v) is 16.6. The summed E-state index contributed by atoms with van der Waals surface area (Å²) in [5.74, 6) is -1.38. The summed E-state index contributed by atoms with van der Waals surface area (Å²) in [6.07, 6.45) is 2.00. The lowest BCUT2D eigenvalue weighted by Gasteiger charge is -2.07. The number of ether oxygens (including phenoxy) is 2. The molecule has 0 bridgehead atoms. The quantitative estimate of drug-likeness (QED) is 0.235. The molecule has 2 aromatic rings. The average Bonchev–Trinajstić information content (AvgIpc) is 2.76. The first-order valence-corrected chi connectivity index (χ1v) is 9.26. The van der Waals surface area contributed by atoms with Gasteiger partial charge in [0.25, 0.3) is 5.91 Å². The van der Waals surface area contributed by atoms with Gasteiger partial charge in [0.05, 0.1) is 6.21 Å². The van der Waals surface area contributed by atoms with Gasteiger partial charge in [-0.25, -0.2) is 5.43 Å². The van der Waals surface area contributed by atoms with Crippen LogP contribution in [0.1, 0.15) is 12.0 Å². The molecular weight excluding hydrogens is 388 g/mol. The second-order valence-electron chi connectivity index (χ2n) is 6.07. The number of rotatable bonds is 10. The van der Waals surface area contributed by atoms with Crippen molar-refractivity contribution in [1.29, 1.82) is 0 Å². The van der Waals surface area contributed by atoms with E-state index in [-0.39, 0.29) is 12.5 Å². The first kappa shape index (κ1) is 22.6. The van der Waals surface area contributed by atoms with Crippen molar-refractivity contribution in [3.63, 3.8) is 0 Å². The number of carbonyl (C=O) groups is 3. The minimum Gasteiger partial charge on any atom is -0.484 e. The van der Waals surface area contributed by atoms with Crippen LogP contribution in [0.4, 0.5) is 5.69 Å². The van der Waals surface area contributed by atoms with E-state index < -0.39 is 11.8 Å². The van der Waals surface area contributed by atoms with Crippen LogP contribution in [0.2, 0.25) is 0 Å². The van der Waals surface area contributed by atoms with E-state index in [9.17, 15) is 14.4 Å². The van der Waals surface area contributed by atoms with Crippen LogP contribution in [0, 0.1) is 0 Å². The van der Waals surface area contributed by atoms with Gasteiger partial charge in [0.1, 0.15) is 5.75 Å². The number of methoxy groups -OCH3 is 1. The van der Waals surface area contributed by atoms with Gasteiger partial charge in [-0.2, -0.15) is 5.10 Å².